The number of fused-ring (bicyclic) bond motifs is 3. The summed E-state index contributed by atoms with van der Waals surface area (Å²) in [6, 6.07) is 9.68. The van der Waals surface area contributed by atoms with Crippen LogP contribution in [0.1, 0.15) is 32.2 Å². The van der Waals surface area contributed by atoms with Crippen LogP contribution in [0.3, 0.4) is 0 Å². The zero-order valence-electron chi connectivity index (χ0n) is 15.8. The molecule has 2 amide bonds. The number of nitrogens with zero attached hydrogens (tertiary/aromatic N) is 3. The van der Waals surface area contributed by atoms with Gasteiger partial charge in [0.05, 0.1) is 12.6 Å². The predicted octanol–water partition coefficient (Wildman–Crippen LogP) is 1.15. The average Bonchev–Trinajstić information content (AvgIpc) is 3.24. The topological polar surface area (TPSA) is 105 Å². The molecule has 1 unspecified atom stereocenters. The summed E-state index contributed by atoms with van der Waals surface area (Å²) in [5.41, 5.74) is 3.64. The maximum Gasteiger partial charge on any atom is 0.274 e. The van der Waals surface area contributed by atoms with E-state index < -0.39 is 0 Å². The highest BCUT2D eigenvalue weighted by Gasteiger charge is 2.56. The van der Waals surface area contributed by atoms with Crippen molar-refractivity contribution in [1.82, 2.24) is 25.0 Å². The Morgan fingerprint density at radius 2 is 1.90 bits per heavy atom. The molecule has 0 radical (unpaired) electrons. The number of H-pyrrole nitrogens is 2. The molecular formula is C21H21N5O3. The van der Waals surface area contributed by atoms with Crippen LogP contribution in [0.4, 0.5) is 0 Å². The fourth-order valence-corrected chi connectivity index (χ4v) is 4.81. The van der Waals surface area contributed by atoms with E-state index in [0.717, 1.165) is 22.2 Å². The molecule has 1 aromatic carbocycles. The highest BCUT2D eigenvalue weighted by Crippen LogP contribution is 2.45. The SMILES string of the molecule is O=C(c1cc2ccccc2[nH]1)N1CCc2[nH]nc(C(=O)N3C[C@@H]4C(O)[C@@H]4C3)c2C1. The van der Waals surface area contributed by atoms with Crippen LogP contribution in [0.2, 0.25) is 0 Å². The largest absolute Gasteiger partial charge is 0.392 e. The lowest BCUT2D eigenvalue weighted by molar-refractivity contribution is 0.0706. The molecule has 3 N–H and O–H groups in total. The Morgan fingerprint density at radius 3 is 2.69 bits per heavy atom. The van der Waals surface area contributed by atoms with Gasteiger partial charge < -0.3 is 19.9 Å². The van der Waals surface area contributed by atoms with Crippen molar-refractivity contribution in [3.05, 3.63) is 53.0 Å². The number of hydrogen-bond donors (Lipinski definition) is 3. The van der Waals surface area contributed by atoms with Crippen molar-refractivity contribution in [2.75, 3.05) is 19.6 Å². The van der Waals surface area contributed by atoms with Crippen LogP contribution in [-0.2, 0) is 13.0 Å². The molecule has 2 fully saturated rings. The third kappa shape index (κ3) is 2.52. The summed E-state index contributed by atoms with van der Waals surface area (Å²) in [5.74, 6) is 0.251. The molecule has 8 heteroatoms. The van der Waals surface area contributed by atoms with Gasteiger partial charge in [0.25, 0.3) is 11.8 Å². The molecule has 1 saturated heterocycles. The van der Waals surface area contributed by atoms with Crippen molar-refractivity contribution >= 4 is 22.7 Å². The van der Waals surface area contributed by atoms with Crippen LogP contribution in [-0.4, -0.2) is 67.6 Å². The second-order valence-corrected chi connectivity index (χ2v) is 8.30. The third-order valence-corrected chi connectivity index (χ3v) is 6.62. The first kappa shape index (κ1) is 16.8. The monoisotopic (exact) mass is 391 g/mol. The highest BCUT2D eigenvalue weighted by atomic mass is 16.3. The molecular weight excluding hydrogens is 370 g/mol. The Morgan fingerprint density at radius 1 is 1.10 bits per heavy atom. The van der Waals surface area contributed by atoms with Gasteiger partial charge in [-0.2, -0.15) is 5.10 Å². The van der Waals surface area contributed by atoms with E-state index in [1.165, 1.54) is 0 Å². The van der Waals surface area contributed by atoms with Crippen molar-refractivity contribution in [2.24, 2.45) is 11.8 Å². The van der Waals surface area contributed by atoms with Gasteiger partial charge in [-0.1, -0.05) is 18.2 Å². The van der Waals surface area contributed by atoms with Crippen LogP contribution in [0.5, 0.6) is 0 Å². The van der Waals surface area contributed by atoms with E-state index in [4.69, 9.17) is 0 Å². The summed E-state index contributed by atoms with van der Waals surface area (Å²) in [6.07, 6.45) is 0.391. The molecule has 29 heavy (non-hydrogen) atoms. The number of piperidine rings is 1. The number of aromatic nitrogens is 3. The van der Waals surface area contributed by atoms with Gasteiger partial charge in [-0.05, 0) is 12.1 Å². The Balaban J connectivity index is 1.24. The van der Waals surface area contributed by atoms with Crippen LogP contribution in [0.25, 0.3) is 10.9 Å². The fourth-order valence-electron chi connectivity index (χ4n) is 4.81. The summed E-state index contributed by atoms with van der Waals surface area (Å²) in [4.78, 5) is 32.8. The lowest BCUT2D eigenvalue weighted by Crippen LogP contribution is -2.38. The third-order valence-electron chi connectivity index (χ3n) is 6.62. The number of para-hydroxylation sites is 1. The van der Waals surface area contributed by atoms with E-state index in [9.17, 15) is 14.7 Å². The van der Waals surface area contributed by atoms with E-state index in [2.05, 4.69) is 15.2 Å². The van der Waals surface area contributed by atoms with E-state index in [0.29, 0.717) is 44.0 Å². The van der Waals surface area contributed by atoms with Crippen molar-refractivity contribution in [1.29, 1.82) is 0 Å². The number of carbonyl (C=O) groups is 2. The summed E-state index contributed by atoms with van der Waals surface area (Å²) in [5, 5.41) is 18.0. The number of aromatic amines is 2. The highest BCUT2D eigenvalue weighted by molar-refractivity contribution is 5.98. The molecule has 2 aromatic heterocycles. The number of likely N-dealkylation sites (tertiary alicyclic amines) is 1. The van der Waals surface area contributed by atoms with Crippen molar-refractivity contribution in [2.45, 2.75) is 19.1 Å². The number of benzene rings is 1. The van der Waals surface area contributed by atoms with Crippen LogP contribution in [0.15, 0.2) is 30.3 Å². The minimum absolute atomic E-state index is 0.0722. The van der Waals surface area contributed by atoms with Gasteiger partial charge in [0.15, 0.2) is 5.69 Å². The standard InChI is InChI=1S/C21H21N5O3/c27-19-12-8-26(9-13(12)19)21(29)18-14-10-25(6-5-16(14)23-24-18)20(28)17-7-11-3-1-2-4-15(11)22-17/h1-4,7,12-13,19,22,27H,5-6,8-10H2,(H,23,24)/t12-,13+,19?. The van der Waals surface area contributed by atoms with Crippen molar-refractivity contribution in [3.8, 4) is 0 Å². The summed E-state index contributed by atoms with van der Waals surface area (Å²) in [6.45, 7) is 2.12. The summed E-state index contributed by atoms with van der Waals surface area (Å²) < 4.78 is 0. The van der Waals surface area contributed by atoms with Gasteiger partial charge in [0, 0.05) is 60.1 Å². The first-order valence-electron chi connectivity index (χ1n) is 10.0. The molecule has 0 spiro atoms. The Hall–Kier alpha value is -3.13. The van der Waals surface area contributed by atoms with Crippen molar-refractivity contribution < 1.29 is 14.7 Å². The molecule has 1 saturated carbocycles. The van der Waals surface area contributed by atoms with Gasteiger partial charge in [-0.15, -0.1) is 0 Å². The van der Waals surface area contributed by atoms with Crippen LogP contribution in [0, 0.1) is 11.8 Å². The normalized spacial score (nSPS) is 25.2. The van der Waals surface area contributed by atoms with Gasteiger partial charge in [0.2, 0.25) is 0 Å². The quantitative estimate of drug-likeness (QED) is 0.609. The molecule has 6 rings (SSSR count). The molecule has 148 valence electrons. The van der Waals surface area contributed by atoms with Gasteiger partial charge >= 0.3 is 0 Å². The Bertz CT molecular complexity index is 1100. The molecule has 8 nitrogen and oxygen atoms in total. The zero-order valence-corrected chi connectivity index (χ0v) is 15.8. The van der Waals surface area contributed by atoms with Crippen LogP contribution < -0.4 is 0 Å². The number of amides is 2. The predicted molar refractivity (Wildman–Crippen MR) is 104 cm³/mol. The average molecular weight is 391 g/mol. The maximum absolute atomic E-state index is 13.1. The number of rotatable bonds is 2. The number of carbonyl (C=O) groups excluding carboxylic acids is 2. The molecule has 3 aliphatic rings. The second kappa shape index (κ2) is 5.93. The Labute approximate surface area is 166 Å². The number of aliphatic hydroxyl groups is 1. The van der Waals surface area contributed by atoms with Gasteiger partial charge in [0.1, 0.15) is 5.69 Å². The second-order valence-electron chi connectivity index (χ2n) is 8.30. The summed E-state index contributed by atoms with van der Waals surface area (Å²) in [7, 11) is 0. The minimum atomic E-state index is -0.253. The van der Waals surface area contributed by atoms with Gasteiger partial charge in [-0.25, -0.2) is 0 Å². The lowest BCUT2D eigenvalue weighted by atomic mass is 10.0. The number of nitrogens with one attached hydrogen (secondary N) is 2. The Kier molecular flexibility index (Phi) is 3.44. The first-order chi connectivity index (χ1) is 14.1. The number of hydrogen-bond acceptors (Lipinski definition) is 4. The maximum atomic E-state index is 13.1. The van der Waals surface area contributed by atoms with E-state index >= 15 is 0 Å². The molecule has 3 aromatic rings. The molecule has 4 heterocycles. The lowest BCUT2D eigenvalue weighted by Gasteiger charge is -2.27. The minimum Gasteiger partial charge on any atom is -0.392 e. The zero-order chi connectivity index (χ0) is 19.7. The summed E-state index contributed by atoms with van der Waals surface area (Å²) >= 11 is 0. The molecule has 0 bridgehead atoms. The van der Waals surface area contributed by atoms with Crippen molar-refractivity contribution in [3.63, 3.8) is 0 Å². The van der Waals surface area contributed by atoms with E-state index in [-0.39, 0.29) is 29.8 Å². The molecule has 1 aliphatic carbocycles. The molecule has 2 aliphatic heterocycles. The van der Waals surface area contributed by atoms with Gasteiger partial charge in [-0.3, -0.25) is 14.7 Å². The smallest absolute Gasteiger partial charge is 0.274 e. The number of aliphatic hydroxyl groups excluding tert-OH is 1. The molecule has 3 atom stereocenters. The van der Waals surface area contributed by atoms with E-state index in [1.807, 2.05) is 30.3 Å². The fraction of sp³-hybridized carbons (Fsp3) is 0.381. The van der Waals surface area contributed by atoms with Crippen LogP contribution >= 0.6 is 0 Å². The van der Waals surface area contributed by atoms with E-state index in [1.54, 1.807) is 9.80 Å². The first-order valence-corrected chi connectivity index (χ1v) is 10.0.